The molecule has 6 aromatic rings. The van der Waals surface area contributed by atoms with Crippen LogP contribution in [-0.2, 0) is 17.9 Å². The van der Waals surface area contributed by atoms with Crippen molar-refractivity contribution in [1.29, 1.82) is 0 Å². The fraction of sp³-hybridized carbons (Fsp3) is 0.382. The van der Waals surface area contributed by atoms with Crippen molar-refractivity contribution >= 4 is 37.2 Å². The van der Waals surface area contributed by atoms with Gasteiger partial charge in [0.05, 0.1) is 11.1 Å². The van der Waals surface area contributed by atoms with Crippen molar-refractivity contribution < 1.29 is 4.57 Å². The van der Waals surface area contributed by atoms with Crippen LogP contribution in [0, 0.1) is 6.92 Å². The number of thiazole rings is 1. The molecule has 0 fully saturated rings. The molecular formula is C34H39N6S+. The van der Waals surface area contributed by atoms with Crippen LogP contribution in [0.15, 0.2) is 48.9 Å². The van der Waals surface area contributed by atoms with Crippen LogP contribution in [0.4, 0.5) is 0 Å². The Morgan fingerprint density at radius 1 is 0.878 bits per heavy atom. The van der Waals surface area contributed by atoms with Gasteiger partial charge in [0.1, 0.15) is 40.2 Å². The van der Waals surface area contributed by atoms with Gasteiger partial charge >= 0.3 is 0 Å². The molecule has 0 bridgehead atoms. The topological polar surface area (TPSA) is 59.9 Å². The summed E-state index contributed by atoms with van der Waals surface area (Å²) in [6, 6.07) is 13.4. The summed E-state index contributed by atoms with van der Waals surface area (Å²) in [5, 5.41) is 2.65. The Labute approximate surface area is 246 Å². The Morgan fingerprint density at radius 2 is 1.51 bits per heavy atom. The van der Waals surface area contributed by atoms with Crippen molar-refractivity contribution in [2.45, 2.75) is 79.1 Å². The van der Waals surface area contributed by atoms with Crippen LogP contribution in [0.25, 0.3) is 48.6 Å². The summed E-state index contributed by atoms with van der Waals surface area (Å²) in [5.74, 6) is 2.62. The maximum Gasteiger partial charge on any atom is 0.232 e. The van der Waals surface area contributed by atoms with Gasteiger partial charge in [0.15, 0.2) is 12.0 Å². The first kappa shape index (κ1) is 27.5. The molecule has 0 N–H and O–H groups in total. The standard InChI is InChI=1S/C34H39N6S/c1-19(2)23-17-24(20(3)21-13-11-12-14-22(21)23)27-28-25(15-16-39(27)10)40-18-35-26(30(40)41-28)29-36-31(33(4,5)6)38-32(37-29)34(7,8)9/h11-19H,1-10H3/q+1. The highest BCUT2D eigenvalue weighted by molar-refractivity contribution is 7.24. The Morgan fingerprint density at radius 3 is 2.12 bits per heavy atom. The zero-order valence-corrected chi connectivity index (χ0v) is 26.6. The molecule has 210 valence electrons. The number of hydrogen-bond donors (Lipinski definition) is 0. The zero-order valence-electron chi connectivity index (χ0n) is 25.8. The first-order valence-electron chi connectivity index (χ1n) is 14.3. The van der Waals surface area contributed by atoms with Gasteiger partial charge in [-0.2, -0.15) is 4.57 Å². The minimum absolute atomic E-state index is 0.209. The van der Waals surface area contributed by atoms with E-state index in [1.807, 2.05) is 6.33 Å². The molecule has 4 heterocycles. The SMILES string of the molecule is Cc1c(-c2c3sc4c(-c5nc(C(C)(C)C)nc(C(C)(C)C)n5)ncn4c3cc[n+]2C)cc(C(C)C)c2ccccc12. The first-order valence-corrected chi connectivity index (χ1v) is 15.2. The highest BCUT2D eigenvalue weighted by atomic mass is 32.1. The van der Waals surface area contributed by atoms with Gasteiger partial charge in [-0.15, -0.1) is 11.3 Å². The highest BCUT2D eigenvalue weighted by Crippen LogP contribution is 2.41. The highest BCUT2D eigenvalue weighted by Gasteiger charge is 2.29. The molecule has 0 saturated carbocycles. The average Bonchev–Trinajstić information content (AvgIpc) is 3.47. The third kappa shape index (κ3) is 4.51. The van der Waals surface area contributed by atoms with Crippen LogP contribution in [0.5, 0.6) is 0 Å². The number of imidazole rings is 1. The van der Waals surface area contributed by atoms with Crippen LogP contribution in [0.3, 0.4) is 0 Å². The summed E-state index contributed by atoms with van der Waals surface area (Å²) in [6.07, 6.45) is 4.07. The maximum absolute atomic E-state index is 4.96. The zero-order chi connectivity index (χ0) is 29.4. The van der Waals surface area contributed by atoms with Crippen molar-refractivity contribution in [3.63, 3.8) is 0 Å². The quantitative estimate of drug-likeness (QED) is 0.204. The summed E-state index contributed by atoms with van der Waals surface area (Å²) in [4.78, 5) is 20.7. The second kappa shape index (κ2) is 9.41. The van der Waals surface area contributed by atoms with E-state index in [0.29, 0.717) is 11.7 Å². The van der Waals surface area contributed by atoms with E-state index in [4.69, 9.17) is 19.9 Å². The summed E-state index contributed by atoms with van der Waals surface area (Å²) in [5.41, 5.74) is 6.68. The third-order valence-electron chi connectivity index (χ3n) is 7.85. The van der Waals surface area contributed by atoms with Gasteiger partial charge in [-0.1, -0.05) is 79.7 Å². The van der Waals surface area contributed by atoms with Gasteiger partial charge in [0.25, 0.3) is 0 Å². The fourth-order valence-electron chi connectivity index (χ4n) is 5.50. The van der Waals surface area contributed by atoms with Gasteiger partial charge in [0.2, 0.25) is 5.69 Å². The van der Waals surface area contributed by atoms with Crippen molar-refractivity contribution in [3.8, 4) is 22.8 Å². The van der Waals surface area contributed by atoms with Crippen LogP contribution in [0.1, 0.15) is 84.1 Å². The summed E-state index contributed by atoms with van der Waals surface area (Å²) >= 11 is 1.76. The number of nitrogens with zero attached hydrogens (tertiary/aromatic N) is 6. The molecule has 7 heteroatoms. The van der Waals surface area contributed by atoms with Crippen LogP contribution in [-0.4, -0.2) is 24.3 Å². The minimum Gasteiger partial charge on any atom is -0.288 e. The lowest BCUT2D eigenvalue weighted by atomic mass is 9.89. The van der Waals surface area contributed by atoms with Crippen LogP contribution in [0.2, 0.25) is 0 Å². The lowest BCUT2D eigenvalue weighted by Crippen LogP contribution is -2.30. The molecular weight excluding hydrogens is 524 g/mol. The van der Waals surface area contributed by atoms with E-state index in [0.717, 1.165) is 27.7 Å². The van der Waals surface area contributed by atoms with Crippen molar-refractivity contribution in [2.75, 3.05) is 0 Å². The molecule has 0 amide bonds. The van der Waals surface area contributed by atoms with Gasteiger partial charge in [-0.3, -0.25) is 4.40 Å². The molecule has 0 aliphatic carbocycles. The number of aromatic nitrogens is 6. The van der Waals surface area contributed by atoms with E-state index in [-0.39, 0.29) is 10.8 Å². The van der Waals surface area contributed by atoms with Gasteiger partial charge in [-0.05, 0) is 40.8 Å². The monoisotopic (exact) mass is 563 g/mol. The second-order valence-corrected chi connectivity index (χ2v) is 14.5. The van der Waals surface area contributed by atoms with Gasteiger partial charge in [0, 0.05) is 16.9 Å². The van der Waals surface area contributed by atoms with Gasteiger partial charge in [-0.25, -0.2) is 19.9 Å². The predicted molar refractivity (Wildman–Crippen MR) is 170 cm³/mol. The molecule has 0 aliphatic heterocycles. The minimum atomic E-state index is -0.209. The lowest BCUT2D eigenvalue weighted by Gasteiger charge is -2.22. The smallest absolute Gasteiger partial charge is 0.232 e. The molecule has 0 aliphatic rings. The Balaban J connectivity index is 1.64. The molecule has 2 aromatic carbocycles. The number of benzene rings is 2. The average molecular weight is 564 g/mol. The summed E-state index contributed by atoms with van der Waals surface area (Å²) in [6.45, 7) is 19.7. The lowest BCUT2D eigenvalue weighted by molar-refractivity contribution is -0.659. The predicted octanol–water partition coefficient (Wildman–Crippen LogP) is 8.07. The van der Waals surface area contributed by atoms with E-state index in [9.17, 15) is 0 Å². The number of hydrogen-bond acceptors (Lipinski definition) is 5. The van der Waals surface area contributed by atoms with Crippen LogP contribution < -0.4 is 4.57 Å². The number of rotatable bonds is 3. The van der Waals surface area contributed by atoms with Gasteiger partial charge < -0.3 is 0 Å². The molecule has 0 saturated heterocycles. The first-order chi connectivity index (χ1) is 19.3. The van der Waals surface area contributed by atoms with Crippen molar-refractivity contribution in [3.05, 3.63) is 71.7 Å². The number of pyridine rings is 1. The van der Waals surface area contributed by atoms with E-state index in [2.05, 4.69) is 121 Å². The van der Waals surface area contributed by atoms with Crippen LogP contribution >= 0.6 is 11.3 Å². The molecule has 6 nitrogen and oxygen atoms in total. The number of aryl methyl sites for hydroxylation is 2. The fourth-order valence-corrected chi connectivity index (χ4v) is 6.80. The Hall–Kier alpha value is -3.71. The normalized spacial score (nSPS) is 12.9. The van der Waals surface area contributed by atoms with E-state index in [1.54, 1.807) is 11.3 Å². The Bertz CT molecular complexity index is 1930. The molecule has 4 aromatic heterocycles. The molecule has 6 rings (SSSR count). The molecule has 0 atom stereocenters. The summed E-state index contributed by atoms with van der Waals surface area (Å²) in [7, 11) is 2.14. The van der Waals surface area contributed by atoms with Crippen molar-refractivity contribution in [2.24, 2.45) is 7.05 Å². The third-order valence-corrected chi connectivity index (χ3v) is 9.04. The molecule has 0 unspecified atom stereocenters. The molecule has 0 spiro atoms. The van der Waals surface area contributed by atoms with E-state index in [1.165, 1.54) is 37.9 Å². The number of fused-ring (bicyclic) bond motifs is 4. The van der Waals surface area contributed by atoms with Crippen molar-refractivity contribution in [1.82, 2.24) is 24.3 Å². The second-order valence-electron chi connectivity index (χ2n) is 13.5. The molecule has 0 radical (unpaired) electrons. The largest absolute Gasteiger partial charge is 0.288 e. The van der Waals surface area contributed by atoms with E-state index < -0.39 is 0 Å². The maximum atomic E-state index is 4.96. The Kier molecular flexibility index (Phi) is 6.30. The van der Waals surface area contributed by atoms with E-state index >= 15 is 0 Å². The summed E-state index contributed by atoms with van der Waals surface area (Å²) < 4.78 is 5.67. The molecule has 41 heavy (non-hydrogen) atoms.